The smallest absolute Gasteiger partial charge is 0.227 e. The SMILES string of the molecule is CC(C)Oc1cc(-n2ccnc2)ccc1Nc1ncc2scc(-c3ccccc3)c2n1. The lowest BCUT2D eigenvalue weighted by atomic mass is 10.1. The maximum Gasteiger partial charge on any atom is 0.227 e. The van der Waals surface area contributed by atoms with E-state index >= 15 is 0 Å². The summed E-state index contributed by atoms with van der Waals surface area (Å²) in [5.74, 6) is 1.27. The molecule has 0 aliphatic heterocycles. The highest BCUT2D eigenvalue weighted by atomic mass is 32.1. The lowest BCUT2D eigenvalue weighted by Crippen LogP contribution is -2.08. The molecule has 31 heavy (non-hydrogen) atoms. The van der Waals surface area contributed by atoms with E-state index in [4.69, 9.17) is 9.72 Å². The summed E-state index contributed by atoms with van der Waals surface area (Å²) < 4.78 is 9.07. The van der Waals surface area contributed by atoms with Gasteiger partial charge in [0.05, 0.1) is 40.2 Å². The Labute approximate surface area is 184 Å². The maximum absolute atomic E-state index is 6.07. The second kappa shape index (κ2) is 8.20. The topological polar surface area (TPSA) is 64.9 Å². The first-order valence-electron chi connectivity index (χ1n) is 10.0. The normalized spacial score (nSPS) is 11.2. The molecule has 0 saturated carbocycles. The highest BCUT2D eigenvalue weighted by Gasteiger charge is 2.13. The summed E-state index contributed by atoms with van der Waals surface area (Å²) in [4.78, 5) is 13.5. The van der Waals surface area contributed by atoms with E-state index < -0.39 is 0 Å². The maximum atomic E-state index is 6.07. The van der Waals surface area contributed by atoms with Gasteiger partial charge in [0.1, 0.15) is 5.75 Å². The number of benzene rings is 2. The Morgan fingerprint density at radius 2 is 1.97 bits per heavy atom. The second-order valence-corrected chi connectivity index (χ2v) is 8.28. The third kappa shape index (κ3) is 4.00. The summed E-state index contributed by atoms with van der Waals surface area (Å²) in [7, 11) is 0. The molecule has 0 spiro atoms. The van der Waals surface area contributed by atoms with E-state index in [1.165, 1.54) is 0 Å². The molecule has 0 unspecified atom stereocenters. The number of aromatic nitrogens is 4. The zero-order valence-electron chi connectivity index (χ0n) is 17.2. The van der Waals surface area contributed by atoms with E-state index in [0.29, 0.717) is 5.95 Å². The Balaban J connectivity index is 1.51. The summed E-state index contributed by atoms with van der Waals surface area (Å²) in [5.41, 5.74) is 4.98. The molecule has 3 heterocycles. The number of hydrogen-bond acceptors (Lipinski definition) is 6. The number of imidazole rings is 1. The minimum atomic E-state index is 0.0311. The standard InChI is InChI=1S/C24H21N5OS/c1-16(2)30-21-12-18(29-11-10-25-15-29)8-9-20(21)27-24-26-13-22-23(28-24)19(14-31-22)17-6-4-3-5-7-17/h3-16H,1-2H3,(H,26,27,28). The summed E-state index contributed by atoms with van der Waals surface area (Å²) in [6.07, 6.45) is 7.32. The molecule has 0 amide bonds. The van der Waals surface area contributed by atoms with Crippen LogP contribution in [0.25, 0.3) is 27.0 Å². The third-order valence-corrected chi connectivity index (χ3v) is 5.68. The average Bonchev–Trinajstić information content (AvgIpc) is 3.45. The van der Waals surface area contributed by atoms with Crippen LogP contribution >= 0.6 is 11.3 Å². The number of fused-ring (bicyclic) bond motifs is 1. The minimum Gasteiger partial charge on any atom is -0.489 e. The first kappa shape index (κ1) is 19.3. The number of ether oxygens (including phenoxy) is 1. The van der Waals surface area contributed by atoms with Gasteiger partial charge in [0.15, 0.2) is 0 Å². The fourth-order valence-electron chi connectivity index (χ4n) is 3.37. The van der Waals surface area contributed by atoms with E-state index in [-0.39, 0.29) is 6.10 Å². The van der Waals surface area contributed by atoms with Crippen molar-refractivity contribution in [3.8, 4) is 22.6 Å². The van der Waals surface area contributed by atoms with Gasteiger partial charge in [0, 0.05) is 29.4 Å². The van der Waals surface area contributed by atoms with Gasteiger partial charge in [-0.15, -0.1) is 11.3 Å². The van der Waals surface area contributed by atoms with Crippen molar-refractivity contribution in [1.82, 2.24) is 19.5 Å². The summed E-state index contributed by atoms with van der Waals surface area (Å²) in [5, 5.41) is 5.47. The molecule has 0 bridgehead atoms. The summed E-state index contributed by atoms with van der Waals surface area (Å²) in [6.45, 7) is 4.02. The first-order chi connectivity index (χ1) is 15.2. The number of nitrogens with zero attached hydrogens (tertiary/aromatic N) is 4. The Hall–Kier alpha value is -3.71. The predicted octanol–water partition coefficient (Wildman–Crippen LogP) is 6.07. The lowest BCUT2D eigenvalue weighted by molar-refractivity contribution is 0.243. The molecule has 0 saturated heterocycles. The fraction of sp³-hybridized carbons (Fsp3) is 0.125. The highest BCUT2D eigenvalue weighted by Crippen LogP contribution is 2.34. The quantitative estimate of drug-likeness (QED) is 0.356. The van der Waals surface area contributed by atoms with Crippen LogP contribution in [0.4, 0.5) is 11.6 Å². The molecule has 0 fully saturated rings. The molecule has 5 aromatic rings. The number of thiophene rings is 1. The van der Waals surface area contributed by atoms with Gasteiger partial charge in [0.2, 0.25) is 5.95 Å². The monoisotopic (exact) mass is 427 g/mol. The van der Waals surface area contributed by atoms with E-state index in [1.54, 1.807) is 23.9 Å². The molecule has 154 valence electrons. The number of anilines is 2. The van der Waals surface area contributed by atoms with Crippen LogP contribution in [-0.2, 0) is 0 Å². The molecule has 6 nitrogen and oxygen atoms in total. The van der Waals surface area contributed by atoms with Crippen molar-refractivity contribution in [2.75, 3.05) is 5.32 Å². The van der Waals surface area contributed by atoms with Crippen molar-refractivity contribution in [1.29, 1.82) is 0 Å². The van der Waals surface area contributed by atoms with Crippen molar-refractivity contribution >= 4 is 33.2 Å². The minimum absolute atomic E-state index is 0.0311. The predicted molar refractivity (Wildman–Crippen MR) is 125 cm³/mol. The van der Waals surface area contributed by atoms with Crippen LogP contribution in [0.1, 0.15) is 13.8 Å². The summed E-state index contributed by atoms with van der Waals surface area (Å²) >= 11 is 1.65. The molecule has 0 aliphatic rings. The molecular formula is C24H21N5OS. The van der Waals surface area contributed by atoms with Crippen LogP contribution in [0.5, 0.6) is 5.75 Å². The average molecular weight is 428 g/mol. The Bertz CT molecular complexity index is 1310. The van der Waals surface area contributed by atoms with Crippen LogP contribution in [0.2, 0.25) is 0 Å². The molecule has 2 aromatic carbocycles. The first-order valence-corrected chi connectivity index (χ1v) is 10.9. The van der Waals surface area contributed by atoms with Crippen molar-refractivity contribution in [2.45, 2.75) is 20.0 Å². The van der Waals surface area contributed by atoms with Gasteiger partial charge in [0.25, 0.3) is 0 Å². The van der Waals surface area contributed by atoms with Gasteiger partial charge in [-0.1, -0.05) is 30.3 Å². The molecule has 0 atom stereocenters. The number of nitrogens with one attached hydrogen (secondary N) is 1. The van der Waals surface area contributed by atoms with Gasteiger partial charge in [-0.25, -0.2) is 15.0 Å². The van der Waals surface area contributed by atoms with E-state index in [0.717, 1.165) is 38.5 Å². The van der Waals surface area contributed by atoms with E-state index in [9.17, 15) is 0 Å². The molecule has 5 rings (SSSR count). The lowest BCUT2D eigenvalue weighted by Gasteiger charge is -2.16. The molecular weight excluding hydrogens is 406 g/mol. The largest absolute Gasteiger partial charge is 0.489 e. The van der Waals surface area contributed by atoms with Gasteiger partial charge in [-0.05, 0) is 31.5 Å². The van der Waals surface area contributed by atoms with Gasteiger partial charge in [-0.2, -0.15) is 0 Å². The zero-order valence-corrected chi connectivity index (χ0v) is 18.0. The van der Waals surface area contributed by atoms with Crippen molar-refractivity contribution in [3.63, 3.8) is 0 Å². The molecule has 1 N–H and O–H groups in total. The Kier molecular flexibility index (Phi) is 5.09. The highest BCUT2D eigenvalue weighted by molar-refractivity contribution is 7.17. The third-order valence-electron chi connectivity index (χ3n) is 4.78. The van der Waals surface area contributed by atoms with Gasteiger partial charge in [-0.3, -0.25) is 0 Å². The van der Waals surface area contributed by atoms with E-state index in [2.05, 4.69) is 32.8 Å². The molecule has 0 aliphatic carbocycles. The van der Waals surface area contributed by atoms with Gasteiger partial charge >= 0.3 is 0 Å². The zero-order chi connectivity index (χ0) is 21.2. The number of rotatable bonds is 6. The van der Waals surface area contributed by atoms with Crippen molar-refractivity contribution in [3.05, 3.63) is 78.8 Å². The Morgan fingerprint density at radius 3 is 2.74 bits per heavy atom. The molecule has 0 radical (unpaired) electrons. The van der Waals surface area contributed by atoms with Crippen LogP contribution < -0.4 is 10.1 Å². The summed E-state index contributed by atoms with van der Waals surface area (Å²) in [6, 6.07) is 16.3. The second-order valence-electron chi connectivity index (χ2n) is 7.36. The number of hydrogen-bond donors (Lipinski definition) is 1. The van der Waals surface area contributed by atoms with Crippen LogP contribution in [-0.4, -0.2) is 25.6 Å². The van der Waals surface area contributed by atoms with Gasteiger partial charge < -0.3 is 14.6 Å². The van der Waals surface area contributed by atoms with Crippen LogP contribution in [0, 0.1) is 0 Å². The molecule has 3 aromatic heterocycles. The van der Waals surface area contributed by atoms with Crippen LogP contribution in [0.3, 0.4) is 0 Å². The van der Waals surface area contributed by atoms with Crippen LogP contribution in [0.15, 0.2) is 78.8 Å². The Morgan fingerprint density at radius 1 is 1.10 bits per heavy atom. The fourth-order valence-corrected chi connectivity index (χ4v) is 4.24. The van der Waals surface area contributed by atoms with E-state index in [1.807, 2.05) is 67.2 Å². The molecule has 7 heteroatoms. The van der Waals surface area contributed by atoms with Crippen molar-refractivity contribution in [2.24, 2.45) is 0 Å². The van der Waals surface area contributed by atoms with Crippen molar-refractivity contribution < 1.29 is 4.74 Å².